The van der Waals surface area contributed by atoms with Gasteiger partial charge in [0.1, 0.15) is 11.4 Å². The highest BCUT2D eigenvalue weighted by atomic mass is 16.1. The van der Waals surface area contributed by atoms with E-state index in [0.717, 1.165) is 40.6 Å². The van der Waals surface area contributed by atoms with Crippen LogP contribution in [0.2, 0.25) is 0 Å². The van der Waals surface area contributed by atoms with Crippen LogP contribution < -0.4 is 10.9 Å². The molecule has 0 aliphatic carbocycles. The van der Waals surface area contributed by atoms with Gasteiger partial charge in [0.15, 0.2) is 0 Å². The monoisotopic (exact) mass is 387 g/mol. The van der Waals surface area contributed by atoms with Crippen LogP contribution >= 0.6 is 0 Å². The van der Waals surface area contributed by atoms with Crippen molar-refractivity contribution >= 4 is 27.6 Å². The summed E-state index contributed by atoms with van der Waals surface area (Å²) < 4.78 is 0. The third-order valence-corrected chi connectivity index (χ3v) is 6.00. The van der Waals surface area contributed by atoms with Gasteiger partial charge in [0, 0.05) is 18.0 Å². The predicted molar refractivity (Wildman–Crippen MR) is 118 cm³/mol. The highest BCUT2D eigenvalue weighted by molar-refractivity contribution is 5.99. The second-order valence-corrected chi connectivity index (χ2v) is 7.84. The lowest BCUT2D eigenvalue weighted by atomic mass is 10.1. The van der Waals surface area contributed by atoms with Gasteiger partial charge in [0.05, 0.1) is 22.2 Å². The van der Waals surface area contributed by atoms with Gasteiger partial charge in [-0.1, -0.05) is 30.3 Å². The number of benzene rings is 2. The van der Waals surface area contributed by atoms with Gasteiger partial charge in [0.2, 0.25) is 0 Å². The van der Waals surface area contributed by atoms with Gasteiger partial charge in [-0.25, -0.2) is 4.98 Å². The summed E-state index contributed by atoms with van der Waals surface area (Å²) in [5.41, 5.74) is 3.90. The van der Waals surface area contributed by atoms with Crippen LogP contribution in [0.25, 0.3) is 33.3 Å². The van der Waals surface area contributed by atoms with Crippen molar-refractivity contribution in [2.75, 3.05) is 25.5 Å². The van der Waals surface area contributed by atoms with Crippen LogP contribution in [-0.2, 0) is 0 Å². The first kappa shape index (κ1) is 17.9. The second kappa shape index (κ2) is 7.37. The SMILES string of the molecule is CN1CCCC1CCNc1c(-c2nc3ccccc3[nH]2)c(=O)[nH]c2ccccc12. The molecule has 2 aromatic heterocycles. The van der Waals surface area contributed by atoms with Gasteiger partial charge in [0.25, 0.3) is 5.56 Å². The molecule has 6 heteroatoms. The maximum atomic E-state index is 13.0. The summed E-state index contributed by atoms with van der Waals surface area (Å²) in [6.07, 6.45) is 3.56. The van der Waals surface area contributed by atoms with Crippen molar-refractivity contribution < 1.29 is 0 Å². The molecule has 6 nitrogen and oxygen atoms in total. The average Bonchev–Trinajstić information content (AvgIpc) is 3.33. The molecule has 1 saturated heterocycles. The molecular formula is C23H25N5O. The number of anilines is 1. The summed E-state index contributed by atoms with van der Waals surface area (Å²) >= 11 is 0. The number of hydrogen-bond donors (Lipinski definition) is 3. The molecule has 0 radical (unpaired) electrons. The zero-order valence-corrected chi connectivity index (χ0v) is 16.5. The Morgan fingerprint density at radius 2 is 1.90 bits per heavy atom. The van der Waals surface area contributed by atoms with Gasteiger partial charge in [-0.3, -0.25) is 4.79 Å². The largest absolute Gasteiger partial charge is 0.384 e. The molecule has 0 bridgehead atoms. The second-order valence-electron chi connectivity index (χ2n) is 7.84. The molecule has 3 N–H and O–H groups in total. The number of H-pyrrole nitrogens is 2. The molecule has 1 unspecified atom stereocenters. The first-order chi connectivity index (χ1) is 14.2. The lowest BCUT2D eigenvalue weighted by Gasteiger charge is -2.20. The summed E-state index contributed by atoms with van der Waals surface area (Å²) in [6.45, 7) is 1.98. The van der Waals surface area contributed by atoms with Crippen LogP contribution in [0.4, 0.5) is 5.69 Å². The smallest absolute Gasteiger partial charge is 0.261 e. The maximum Gasteiger partial charge on any atom is 0.261 e. The van der Waals surface area contributed by atoms with Crippen LogP contribution in [-0.4, -0.2) is 46.0 Å². The number of hydrogen-bond acceptors (Lipinski definition) is 4. The Hall–Kier alpha value is -3.12. The number of aromatic amines is 2. The molecule has 1 fully saturated rings. The lowest BCUT2D eigenvalue weighted by Crippen LogP contribution is -2.27. The number of para-hydroxylation sites is 3. The van der Waals surface area contributed by atoms with Crippen LogP contribution in [0.3, 0.4) is 0 Å². The Morgan fingerprint density at radius 3 is 2.69 bits per heavy atom. The van der Waals surface area contributed by atoms with Crippen LogP contribution in [0, 0.1) is 0 Å². The number of aromatic nitrogens is 3. The van der Waals surface area contributed by atoms with Gasteiger partial charge in [-0.2, -0.15) is 0 Å². The summed E-state index contributed by atoms with van der Waals surface area (Å²) in [4.78, 5) is 26.5. The van der Waals surface area contributed by atoms with Crippen molar-refractivity contribution in [2.24, 2.45) is 0 Å². The fourth-order valence-electron chi connectivity index (χ4n) is 4.43. The van der Waals surface area contributed by atoms with E-state index in [-0.39, 0.29) is 5.56 Å². The van der Waals surface area contributed by atoms with Gasteiger partial charge < -0.3 is 20.2 Å². The Labute approximate surface area is 169 Å². The number of nitrogens with zero attached hydrogens (tertiary/aromatic N) is 2. The van der Waals surface area contributed by atoms with Gasteiger partial charge in [-0.15, -0.1) is 0 Å². The van der Waals surface area contributed by atoms with Crippen LogP contribution in [0.5, 0.6) is 0 Å². The molecule has 29 heavy (non-hydrogen) atoms. The average molecular weight is 387 g/mol. The van der Waals surface area contributed by atoms with E-state index >= 15 is 0 Å². The zero-order chi connectivity index (χ0) is 19.8. The normalized spacial score (nSPS) is 17.3. The van der Waals surface area contributed by atoms with Crippen molar-refractivity contribution in [3.8, 4) is 11.4 Å². The quantitative estimate of drug-likeness (QED) is 0.484. The standard InChI is InChI=1S/C23H25N5O/c1-28-14-6-7-15(28)12-13-24-21-16-8-2-3-9-17(16)27-23(29)20(21)22-25-18-10-4-5-11-19(18)26-22/h2-5,8-11,15H,6-7,12-14H2,1H3,(H,25,26)(H2,24,27,29). The summed E-state index contributed by atoms with van der Waals surface area (Å²) in [7, 11) is 2.19. The van der Waals surface area contributed by atoms with E-state index in [4.69, 9.17) is 0 Å². The van der Waals surface area contributed by atoms with Crippen molar-refractivity contribution in [1.82, 2.24) is 19.9 Å². The molecule has 1 aliphatic rings. The van der Waals surface area contributed by atoms with Crippen LogP contribution in [0.1, 0.15) is 19.3 Å². The van der Waals surface area contributed by atoms with Crippen molar-refractivity contribution in [1.29, 1.82) is 0 Å². The molecule has 5 rings (SSSR count). The van der Waals surface area contributed by atoms with E-state index in [2.05, 4.69) is 32.2 Å². The minimum atomic E-state index is -0.136. The van der Waals surface area contributed by atoms with Gasteiger partial charge >= 0.3 is 0 Å². The highest BCUT2D eigenvalue weighted by Gasteiger charge is 2.21. The van der Waals surface area contributed by atoms with Crippen molar-refractivity contribution in [3.05, 3.63) is 58.9 Å². The Kier molecular flexibility index (Phi) is 4.56. The summed E-state index contributed by atoms with van der Waals surface area (Å²) in [5.74, 6) is 0.596. The maximum absolute atomic E-state index is 13.0. The number of rotatable bonds is 5. The summed E-state index contributed by atoms with van der Waals surface area (Å²) in [5, 5.41) is 4.58. The Bertz CT molecular complexity index is 1190. The van der Waals surface area contributed by atoms with E-state index in [0.29, 0.717) is 17.4 Å². The highest BCUT2D eigenvalue weighted by Crippen LogP contribution is 2.31. The fourth-order valence-corrected chi connectivity index (χ4v) is 4.43. The number of imidazole rings is 1. The third-order valence-electron chi connectivity index (χ3n) is 6.00. The molecule has 0 saturated carbocycles. The van der Waals surface area contributed by atoms with E-state index in [9.17, 15) is 4.79 Å². The fraction of sp³-hybridized carbons (Fsp3) is 0.304. The topological polar surface area (TPSA) is 76.8 Å². The Balaban J connectivity index is 1.57. The molecule has 0 amide bonds. The third kappa shape index (κ3) is 3.29. The van der Waals surface area contributed by atoms with E-state index < -0.39 is 0 Å². The number of fused-ring (bicyclic) bond motifs is 2. The first-order valence-electron chi connectivity index (χ1n) is 10.2. The van der Waals surface area contributed by atoms with E-state index in [1.54, 1.807) is 0 Å². The molecular weight excluding hydrogens is 362 g/mol. The molecule has 1 atom stereocenters. The molecule has 148 valence electrons. The summed E-state index contributed by atoms with van der Waals surface area (Å²) in [6, 6.07) is 16.4. The molecule has 0 spiro atoms. The first-order valence-corrected chi connectivity index (χ1v) is 10.2. The van der Waals surface area contributed by atoms with Crippen molar-refractivity contribution in [2.45, 2.75) is 25.3 Å². The van der Waals surface area contributed by atoms with E-state index in [1.807, 2.05) is 48.5 Å². The number of pyridine rings is 1. The molecule has 4 aromatic rings. The lowest BCUT2D eigenvalue weighted by molar-refractivity contribution is 0.301. The Morgan fingerprint density at radius 1 is 1.10 bits per heavy atom. The molecule has 3 heterocycles. The predicted octanol–water partition coefficient (Wildman–Crippen LogP) is 3.97. The molecule has 2 aromatic carbocycles. The number of likely N-dealkylation sites (tertiary alicyclic amines) is 1. The van der Waals surface area contributed by atoms with Crippen molar-refractivity contribution in [3.63, 3.8) is 0 Å². The zero-order valence-electron chi connectivity index (χ0n) is 16.5. The van der Waals surface area contributed by atoms with Gasteiger partial charge in [-0.05, 0) is 51.1 Å². The van der Waals surface area contributed by atoms with Crippen LogP contribution in [0.15, 0.2) is 53.3 Å². The minimum Gasteiger partial charge on any atom is -0.384 e. The minimum absolute atomic E-state index is 0.136. The van der Waals surface area contributed by atoms with E-state index in [1.165, 1.54) is 19.4 Å². The number of nitrogens with one attached hydrogen (secondary N) is 3. The molecule has 1 aliphatic heterocycles.